The quantitative estimate of drug-likeness (QED) is 0.0142. The van der Waals surface area contributed by atoms with E-state index < -0.39 is 51.8 Å². The van der Waals surface area contributed by atoms with Gasteiger partial charge in [-0.15, -0.1) is 0 Å². The first kappa shape index (κ1) is 48.2. The summed E-state index contributed by atoms with van der Waals surface area (Å²) in [5.41, 5.74) is 0. The van der Waals surface area contributed by atoms with Crippen molar-refractivity contribution in [2.45, 2.75) is 174 Å². The number of hydrogen-bond acceptors (Lipinski definition) is 9. The maximum Gasteiger partial charge on any atom is 0.472 e. The monoisotopic (exact) mass is 730 g/mol. The zero-order chi connectivity index (χ0) is 37.0. The van der Waals surface area contributed by atoms with Gasteiger partial charge in [0.25, 0.3) is 0 Å². The minimum absolute atomic E-state index is 0.212. The van der Waals surface area contributed by atoms with Crippen molar-refractivity contribution in [1.29, 1.82) is 0 Å². The average Bonchev–Trinajstić information content (AvgIpc) is 3.10. The number of carbonyl (C=O) groups is 2. The fourth-order valence-corrected chi connectivity index (χ4v) is 5.86. The summed E-state index contributed by atoms with van der Waals surface area (Å²) in [6.45, 7) is 2.20. The first-order valence-electron chi connectivity index (χ1n) is 19.5. The van der Waals surface area contributed by atoms with Crippen LogP contribution in [0.25, 0.3) is 0 Å². The third kappa shape index (κ3) is 34.6. The van der Waals surface area contributed by atoms with Crippen LogP contribution >= 0.6 is 7.82 Å². The first-order valence-corrected chi connectivity index (χ1v) is 21.0. The average molecular weight is 731 g/mol. The second kappa shape index (κ2) is 35.6. The Morgan fingerprint density at radius 1 is 0.640 bits per heavy atom. The van der Waals surface area contributed by atoms with Crippen molar-refractivity contribution in [3.8, 4) is 0 Å². The Kier molecular flexibility index (Phi) is 34.3. The summed E-state index contributed by atoms with van der Waals surface area (Å²) in [5.74, 6) is -1.19. The molecule has 10 nitrogen and oxygen atoms in total. The van der Waals surface area contributed by atoms with Gasteiger partial charge in [-0.3, -0.25) is 13.8 Å². The molecule has 0 spiro atoms. The zero-order valence-electron chi connectivity index (χ0n) is 31.4. The van der Waals surface area contributed by atoms with E-state index in [2.05, 4.69) is 30.5 Å². The molecule has 0 aromatic carbocycles. The van der Waals surface area contributed by atoms with Gasteiger partial charge in [0.15, 0.2) is 6.10 Å². The van der Waals surface area contributed by atoms with Gasteiger partial charge in [0.1, 0.15) is 12.7 Å². The van der Waals surface area contributed by atoms with Gasteiger partial charge in [-0.2, -0.15) is 0 Å². The number of rotatable bonds is 36. The minimum Gasteiger partial charge on any atom is -0.462 e. The largest absolute Gasteiger partial charge is 0.472 e. The first-order chi connectivity index (χ1) is 24.2. The molecular formula is C39H71O10P. The van der Waals surface area contributed by atoms with Crippen molar-refractivity contribution in [2.24, 2.45) is 0 Å². The molecule has 0 fully saturated rings. The van der Waals surface area contributed by atoms with Crippen LogP contribution in [-0.4, -0.2) is 65.7 Å². The van der Waals surface area contributed by atoms with Crippen LogP contribution in [0.1, 0.15) is 162 Å². The van der Waals surface area contributed by atoms with Crippen LogP contribution in [0.4, 0.5) is 0 Å². The van der Waals surface area contributed by atoms with Crippen LogP contribution in [0.15, 0.2) is 36.5 Å². The molecule has 0 saturated carbocycles. The number of phosphoric acid groups is 1. The van der Waals surface area contributed by atoms with Crippen LogP contribution in [0.3, 0.4) is 0 Å². The molecule has 3 atom stereocenters. The molecule has 1 unspecified atom stereocenters. The lowest BCUT2D eigenvalue weighted by molar-refractivity contribution is -0.157. The molecule has 0 rings (SSSR count). The van der Waals surface area contributed by atoms with Gasteiger partial charge in [0.05, 0.1) is 19.8 Å². The maximum atomic E-state index is 12.4. The normalized spacial score (nSPS) is 14.4. The van der Waals surface area contributed by atoms with Crippen molar-refractivity contribution in [1.82, 2.24) is 0 Å². The Morgan fingerprint density at radius 2 is 1.12 bits per heavy atom. The predicted octanol–water partition coefficient (Wildman–Crippen LogP) is 9.61. The van der Waals surface area contributed by atoms with Crippen LogP contribution in [0.2, 0.25) is 0 Å². The molecule has 0 heterocycles. The Bertz CT molecular complexity index is 936. The topological polar surface area (TPSA) is 149 Å². The predicted molar refractivity (Wildman–Crippen MR) is 201 cm³/mol. The summed E-state index contributed by atoms with van der Waals surface area (Å²) in [6, 6.07) is 0. The van der Waals surface area contributed by atoms with Crippen molar-refractivity contribution >= 4 is 19.8 Å². The molecule has 0 aromatic rings. The summed E-state index contributed by atoms with van der Waals surface area (Å²) >= 11 is 0. The molecule has 0 amide bonds. The molecule has 0 saturated heterocycles. The molecule has 0 radical (unpaired) electrons. The number of aliphatic hydroxyl groups excluding tert-OH is 2. The van der Waals surface area contributed by atoms with E-state index in [1.165, 1.54) is 89.5 Å². The number of ether oxygens (including phenoxy) is 2. The number of unbranched alkanes of at least 4 members (excludes halogenated alkanes) is 19. The lowest BCUT2D eigenvalue weighted by Gasteiger charge is -2.19. The number of phosphoric ester groups is 1. The van der Waals surface area contributed by atoms with E-state index >= 15 is 0 Å². The smallest absolute Gasteiger partial charge is 0.462 e. The molecule has 0 aromatic heterocycles. The third-order valence-electron chi connectivity index (χ3n) is 8.12. The summed E-state index contributed by atoms with van der Waals surface area (Å²) < 4.78 is 32.4. The van der Waals surface area contributed by atoms with Crippen LogP contribution in [0.5, 0.6) is 0 Å². The van der Waals surface area contributed by atoms with Gasteiger partial charge in [-0.05, 0) is 44.9 Å². The summed E-state index contributed by atoms with van der Waals surface area (Å²) in [7, 11) is -4.64. The Balaban J connectivity index is 4.49. The van der Waals surface area contributed by atoms with Gasteiger partial charge >= 0.3 is 19.8 Å². The van der Waals surface area contributed by atoms with E-state index in [1.807, 2.05) is 6.08 Å². The van der Waals surface area contributed by atoms with E-state index in [1.54, 1.807) is 12.2 Å². The maximum absolute atomic E-state index is 12.4. The van der Waals surface area contributed by atoms with Crippen LogP contribution in [0, 0.1) is 0 Å². The lowest BCUT2D eigenvalue weighted by Crippen LogP contribution is -2.29. The van der Waals surface area contributed by atoms with E-state index in [-0.39, 0.29) is 13.0 Å². The highest BCUT2D eigenvalue weighted by Crippen LogP contribution is 2.43. The Morgan fingerprint density at radius 3 is 1.70 bits per heavy atom. The molecule has 0 bridgehead atoms. The van der Waals surface area contributed by atoms with E-state index in [0.29, 0.717) is 6.42 Å². The summed E-state index contributed by atoms with van der Waals surface area (Å²) in [5, 5.41) is 18.3. The molecule has 292 valence electrons. The van der Waals surface area contributed by atoms with Crippen LogP contribution in [-0.2, 0) is 32.7 Å². The number of esters is 2. The number of allylic oxidation sites excluding steroid dienone is 5. The van der Waals surface area contributed by atoms with Gasteiger partial charge in [0.2, 0.25) is 0 Å². The molecular weight excluding hydrogens is 659 g/mol. The Labute approximate surface area is 303 Å². The van der Waals surface area contributed by atoms with Crippen molar-refractivity contribution in [3.63, 3.8) is 0 Å². The fraction of sp³-hybridized carbons (Fsp3) is 0.795. The second-order valence-electron chi connectivity index (χ2n) is 13.0. The van der Waals surface area contributed by atoms with Crippen molar-refractivity contribution in [3.05, 3.63) is 36.5 Å². The van der Waals surface area contributed by atoms with Crippen LogP contribution < -0.4 is 0 Å². The number of hydrogen-bond donors (Lipinski definition) is 3. The fourth-order valence-electron chi connectivity index (χ4n) is 5.07. The van der Waals surface area contributed by atoms with Gasteiger partial charge in [0, 0.05) is 12.5 Å². The highest BCUT2D eigenvalue weighted by atomic mass is 31.2. The van der Waals surface area contributed by atoms with E-state index in [4.69, 9.17) is 19.1 Å². The summed E-state index contributed by atoms with van der Waals surface area (Å²) in [6.07, 6.45) is 34.6. The second-order valence-corrected chi connectivity index (χ2v) is 14.5. The number of carbonyl (C=O) groups excluding carboxylic acids is 2. The molecule has 3 N–H and O–H groups in total. The highest BCUT2D eigenvalue weighted by molar-refractivity contribution is 7.47. The summed E-state index contributed by atoms with van der Waals surface area (Å²) in [4.78, 5) is 34.7. The minimum atomic E-state index is -4.64. The number of aliphatic hydroxyl groups is 2. The molecule has 0 aliphatic carbocycles. The molecule has 0 aliphatic rings. The van der Waals surface area contributed by atoms with Crippen molar-refractivity contribution in [2.75, 3.05) is 26.4 Å². The third-order valence-corrected chi connectivity index (χ3v) is 9.07. The van der Waals surface area contributed by atoms with Gasteiger partial charge in [-0.1, -0.05) is 141 Å². The highest BCUT2D eigenvalue weighted by Gasteiger charge is 2.26. The zero-order valence-corrected chi connectivity index (χ0v) is 32.3. The lowest BCUT2D eigenvalue weighted by atomic mass is 10.1. The molecule has 50 heavy (non-hydrogen) atoms. The molecule has 0 aliphatic heterocycles. The van der Waals surface area contributed by atoms with Crippen molar-refractivity contribution < 1.29 is 47.8 Å². The van der Waals surface area contributed by atoms with E-state index in [0.717, 1.165) is 51.4 Å². The van der Waals surface area contributed by atoms with Gasteiger partial charge in [-0.25, -0.2) is 9.36 Å². The SMILES string of the molecule is CCCCC/C=C/CCCCCCCC(=O)OC[C@H](COP(=O)(O)OC[C@@H](O)CO)OC(=O)/C=C/C=C/CCCCCCCCCCCCC. The van der Waals surface area contributed by atoms with E-state index in [9.17, 15) is 24.2 Å². The Hall–Kier alpha value is -1.81. The standard InChI is InChI=1S/C39H71O10P/c1-3-5-7-9-11-13-15-17-18-19-21-23-25-27-29-31-39(43)49-37(35-48-50(44,45)47-33-36(41)32-40)34-46-38(42)30-28-26-24-22-20-16-14-12-10-8-6-4-2/h12,14,25,27,29,31,36-37,40-41H,3-11,13,15-24,26,28,30,32-35H2,1-2H3,(H,44,45)/b14-12+,27-25+,31-29+/t36-,37+/m0/s1. The molecule has 11 heteroatoms. The van der Waals surface area contributed by atoms with Gasteiger partial charge < -0.3 is 24.6 Å².